The molecule has 3 aromatic carbocycles. The third kappa shape index (κ3) is 2.01. The number of fused-ring (bicyclic) bond motifs is 3. The van der Waals surface area contributed by atoms with Crippen molar-refractivity contribution in [3.8, 4) is 11.1 Å². The summed E-state index contributed by atoms with van der Waals surface area (Å²) in [4.78, 5) is 0. The summed E-state index contributed by atoms with van der Waals surface area (Å²) in [7, 11) is 0. The van der Waals surface area contributed by atoms with Crippen molar-refractivity contribution in [1.82, 2.24) is 0 Å². The second kappa shape index (κ2) is 4.64. The Hall–Kier alpha value is -2.25. The third-order valence-electron chi connectivity index (χ3n) is 3.77. The Morgan fingerprint density at radius 1 is 0.857 bits per heavy atom. The van der Waals surface area contributed by atoms with E-state index >= 15 is 0 Å². The van der Waals surface area contributed by atoms with Crippen molar-refractivity contribution in [3.05, 3.63) is 71.2 Å². The fourth-order valence-electron chi connectivity index (χ4n) is 2.82. The van der Waals surface area contributed by atoms with E-state index in [1.54, 1.807) is 0 Å². The molecule has 1 heterocycles. The Morgan fingerprint density at radius 3 is 2.57 bits per heavy atom. The molecule has 0 unspecified atom stereocenters. The van der Waals surface area contributed by atoms with Gasteiger partial charge in [0.05, 0.1) is 0 Å². The van der Waals surface area contributed by atoms with Gasteiger partial charge in [-0.1, -0.05) is 59.6 Å². The maximum absolute atomic E-state index is 6.33. The van der Waals surface area contributed by atoms with Crippen molar-refractivity contribution in [1.29, 1.82) is 0 Å². The lowest BCUT2D eigenvalue weighted by Gasteiger charge is -2.05. The summed E-state index contributed by atoms with van der Waals surface area (Å²) in [6.45, 7) is 2.09. The van der Waals surface area contributed by atoms with Gasteiger partial charge in [-0.2, -0.15) is 0 Å². The van der Waals surface area contributed by atoms with E-state index in [1.165, 1.54) is 5.56 Å². The topological polar surface area (TPSA) is 13.1 Å². The second-order valence-corrected chi connectivity index (χ2v) is 5.73. The molecule has 0 saturated heterocycles. The maximum atomic E-state index is 6.33. The molecule has 0 N–H and O–H groups in total. The van der Waals surface area contributed by atoms with Gasteiger partial charge in [-0.3, -0.25) is 0 Å². The van der Waals surface area contributed by atoms with Crippen molar-refractivity contribution in [2.75, 3.05) is 0 Å². The Bertz CT molecular complexity index is 966. The summed E-state index contributed by atoms with van der Waals surface area (Å²) < 4.78 is 6.07. The Labute approximate surface area is 127 Å². The zero-order valence-electron chi connectivity index (χ0n) is 11.6. The molecule has 0 aliphatic heterocycles. The summed E-state index contributed by atoms with van der Waals surface area (Å²) in [5.41, 5.74) is 5.17. The third-order valence-corrected chi connectivity index (χ3v) is 3.99. The first-order valence-corrected chi connectivity index (χ1v) is 7.28. The molecule has 102 valence electrons. The van der Waals surface area contributed by atoms with Gasteiger partial charge < -0.3 is 4.42 Å². The number of hydrogen-bond acceptors (Lipinski definition) is 1. The minimum Gasteiger partial charge on any atom is -0.455 e. The Morgan fingerprint density at radius 2 is 1.71 bits per heavy atom. The first kappa shape index (κ1) is 12.5. The molecule has 1 aromatic heterocycles. The van der Waals surface area contributed by atoms with E-state index in [1.807, 2.05) is 30.3 Å². The van der Waals surface area contributed by atoms with Crippen molar-refractivity contribution >= 4 is 33.5 Å². The number of benzene rings is 3. The van der Waals surface area contributed by atoms with Crippen LogP contribution in [0.3, 0.4) is 0 Å². The van der Waals surface area contributed by atoms with Gasteiger partial charge in [-0.15, -0.1) is 0 Å². The summed E-state index contributed by atoms with van der Waals surface area (Å²) >= 11 is 6.33. The highest BCUT2D eigenvalue weighted by atomic mass is 35.5. The quantitative estimate of drug-likeness (QED) is 0.406. The normalized spacial score (nSPS) is 11.3. The Kier molecular flexibility index (Phi) is 2.76. The van der Waals surface area contributed by atoms with Gasteiger partial charge in [0.1, 0.15) is 11.2 Å². The molecular formula is C19H13ClO. The van der Waals surface area contributed by atoms with Gasteiger partial charge in [-0.05, 0) is 30.7 Å². The molecule has 4 rings (SSSR count). The fourth-order valence-corrected chi connectivity index (χ4v) is 3.04. The van der Waals surface area contributed by atoms with Crippen molar-refractivity contribution in [3.63, 3.8) is 0 Å². The predicted molar refractivity (Wildman–Crippen MR) is 88.9 cm³/mol. The lowest BCUT2D eigenvalue weighted by atomic mass is 10.0. The van der Waals surface area contributed by atoms with Crippen molar-refractivity contribution in [2.24, 2.45) is 0 Å². The molecular weight excluding hydrogens is 280 g/mol. The maximum Gasteiger partial charge on any atom is 0.143 e. The van der Waals surface area contributed by atoms with Gasteiger partial charge in [0.25, 0.3) is 0 Å². The van der Waals surface area contributed by atoms with Gasteiger partial charge >= 0.3 is 0 Å². The van der Waals surface area contributed by atoms with Crippen molar-refractivity contribution < 1.29 is 4.42 Å². The van der Waals surface area contributed by atoms with Crippen LogP contribution in [0.1, 0.15) is 5.56 Å². The minimum absolute atomic E-state index is 0.727. The van der Waals surface area contributed by atoms with Crippen LogP contribution in [-0.4, -0.2) is 0 Å². The molecule has 0 spiro atoms. The monoisotopic (exact) mass is 292 g/mol. The van der Waals surface area contributed by atoms with Crippen LogP contribution < -0.4 is 0 Å². The molecule has 0 fully saturated rings. The molecule has 0 saturated carbocycles. The van der Waals surface area contributed by atoms with Crippen LogP contribution in [0.5, 0.6) is 0 Å². The van der Waals surface area contributed by atoms with Gasteiger partial charge in [-0.25, -0.2) is 0 Å². The molecule has 0 radical (unpaired) electrons. The van der Waals surface area contributed by atoms with E-state index in [0.29, 0.717) is 0 Å². The molecule has 4 aromatic rings. The molecule has 2 heteroatoms. The summed E-state index contributed by atoms with van der Waals surface area (Å²) in [5.74, 6) is 0. The van der Waals surface area contributed by atoms with Crippen LogP contribution in [0.15, 0.2) is 65.1 Å². The number of furan rings is 1. The largest absolute Gasteiger partial charge is 0.455 e. The first-order valence-electron chi connectivity index (χ1n) is 6.90. The highest BCUT2D eigenvalue weighted by Gasteiger charge is 2.13. The molecule has 0 aliphatic rings. The molecule has 21 heavy (non-hydrogen) atoms. The van der Waals surface area contributed by atoms with Crippen LogP contribution in [0, 0.1) is 6.92 Å². The van der Waals surface area contributed by atoms with E-state index in [0.717, 1.165) is 38.1 Å². The van der Waals surface area contributed by atoms with E-state index < -0.39 is 0 Å². The Balaban J connectivity index is 2.13. The van der Waals surface area contributed by atoms with Crippen LogP contribution in [0.25, 0.3) is 33.1 Å². The number of para-hydroxylation sites is 1. The first-order chi connectivity index (χ1) is 10.2. The highest BCUT2D eigenvalue weighted by Crippen LogP contribution is 2.38. The summed E-state index contributed by atoms with van der Waals surface area (Å²) in [5, 5.41) is 2.89. The zero-order chi connectivity index (χ0) is 14.4. The lowest BCUT2D eigenvalue weighted by molar-refractivity contribution is 0.670. The average Bonchev–Trinajstić information content (AvgIpc) is 2.85. The number of hydrogen-bond donors (Lipinski definition) is 0. The van der Waals surface area contributed by atoms with Gasteiger partial charge in [0.15, 0.2) is 0 Å². The second-order valence-electron chi connectivity index (χ2n) is 5.30. The molecule has 1 nitrogen and oxygen atoms in total. The molecule has 0 aliphatic carbocycles. The minimum atomic E-state index is 0.727. The lowest BCUT2D eigenvalue weighted by Crippen LogP contribution is -1.81. The van der Waals surface area contributed by atoms with Gasteiger partial charge in [0.2, 0.25) is 0 Å². The van der Waals surface area contributed by atoms with E-state index in [-0.39, 0.29) is 0 Å². The average molecular weight is 293 g/mol. The highest BCUT2D eigenvalue weighted by molar-refractivity contribution is 6.32. The van der Waals surface area contributed by atoms with E-state index in [4.69, 9.17) is 16.0 Å². The predicted octanol–water partition coefficient (Wildman–Crippen LogP) is 6.21. The number of rotatable bonds is 1. The van der Waals surface area contributed by atoms with Crippen LogP contribution in [0.4, 0.5) is 0 Å². The van der Waals surface area contributed by atoms with Crippen LogP contribution in [-0.2, 0) is 0 Å². The SMILES string of the molecule is Cc1cccc(-c2cc(Cl)cc3c2oc2ccccc23)c1. The number of halogens is 1. The van der Waals surface area contributed by atoms with E-state index in [9.17, 15) is 0 Å². The molecule has 0 bridgehead atoms. The summed E-state index contributed by atoms with van der Waals surface area (Å²) in [6, 6.07) is 20.4. The smallest absolute Gasteiger partial charge is 0.143 e. The van der Waals surface area contributed by atoms with E-state index in [2.05, 4.69) is 37.3 Å². The molecule has 0 amide bonds. The van der Waals surface area contributed by atoms with Gasteiger partial charge in [0, 0.05) is 21.4 Å². The zero-order valence-corrected chi connectivity index (χ0v) is 12.3. The van der Waals surface area contributed by atoms with Crippen LogP contribution >= 0.6 is 11.6 Å². The number of aryl methyl sites for hydroxylation is 1. The standard InChI is InChI=1S/C19H13ClO/c1-12-5-4-6-13(9-12)16-10-14(20)11-17-15-7-2-3-8-18(15)21-19(16)17/h2-11H,1H3. The summed E-state index contributed by atoms with van der Waals surface area (Å²) in [6.07, 6.45) is 0. The van der Waals surface area contributed by atoms with Crippen LogP contribution in [0.2, 0.25) is 5.02 Å². The fraction of sp³-hybridized carbons (Fsp3) is 0.0526. The molecule has 0 atom stereocenters. The van der Waals surface area contributed by atoms with Crippen molar-refractivity contribution in [2.45, 2.75) is 6.92 Å².